The molecule has 5 heteroatoms. The van der Waals surface area contributed by atoms with Crippen molar-refractivity contribution in [2.24, 2.45) is 5.92 Å². The Morgan fingerprint density at radius 2 is 2.05 bits per heavy atom. The maximum absolute atomic E-state index is 12.0. The molecule has 1 heterocycles. The number of hydrogen-bond acceptors (Lipinski definition) is 3. The summed E-state index contributed by atoms with van der Waals surface area (Å²) in [7, 11) is 0. The zero-order valence-electron chi connectivity index (χ0n) is 13.2. The minimum Gasteiger partial charge on any atom is -0.388 e. The van der Waals surface area contributed by atoms with Crippen molar-refractivity contribution in [2.45, 2.75) is 40.7 Å². The van der Waals surface area contributed by atoms with E-state index in [0.29, 0.717) is 29.4 Å². The van der Waals surface area contributed by atoms with Crippen LogP contribution in [-0.4, -0.2) is 27.5 Å². The van der Waals surface area contributed by atoms with Crippen LogP contribution in [0, 0.1) is 5.92 Å². The zero-order valence-corrected chi connectivity index (χ0v) is 13.2. The van der Waals surface area contributed by atoms with Gasteiger partial charge in [-0.2, -0.15) is 0 Å². The van der Waals surface area contributed by atoms with E-state index in [4.69, 9.17) is 5.11 Å². The van der Waals surface area contributed by atoms with E-state index in [1.54, 1.807) is 12.1 Å². The van der Waals surface area contributed by atoms with Gasteiger partial charge in [-0.05, 0) is 18.1 Å². The van der Waals surface area contributed by atoms with Crippen LogP contribution in [-0.2, 0) is 6.61 Å². The van der Waals surface area contributed by atoms with E-state index in [1.807, 2.05) is 19.9 Å². The monoisotopic (exact) mass is 291 g/mol. The van der Waals surface area contributed by atoms with Gasteiger partial charge in [-0.3, -0.25) is 4.79 Å². The van der Waals surface area contributed by atoms with Gasteiger partial charge < -0.3 is 15.4 Å². The Kier molecular flexibility index (Phi) is 6.88. The molecule has 0 saturated heterocycles. The maximum atomic E-state index is 12.0. The van der Waals surface area contributed by atoms with Crippen LogP contribution in [0.1, 0.15) is 50.3 Å². The summed E-state index contributed by atoms with van der Waals surface area (Å²) >= 11 is 0. The second-order valence-corrected chi connectivity index (χ2v) is 5.35. The van der Waals surface area contributed by atoms with Crippen LogP contribution < -0.4 is 5.32 Å². The van der Waals surface area contributed by atoms with Gasteiger partial charge in [0.25, 0.3) is 5.91 Å². The summed E-state index contributed by atoms with van der Waals surface area (Å²) in [6.07, 6.45) is 1.25. The Hall–Kier alpha value is -1.88. The van der Waals surface area contributed by atoms with Crippen LogP contribution in [0.5, 0.6) is 0 Å². The molecule has 2 rings (SSSR count). The number of aromatic nitrogens is 2. The molecule has 0 aliphatic rings. The average Bonchev–Trinajstić information content (AvgIpc) is 2.88. The Bertz CT molecular complexity index is 576. The second-order valence-electron chi connectivity index (χ2n) is 5.35. The Morgan fingerprint density at radius 1 is 1.38 bits per heavy atom. The Morgan fingerprint density at radius 3 is 2.62 bits per heavy atom. The van der Waals surface area contributed by atoms with Crippen molar-refractivity contribution in [3.05, 3.63) is 29.6 Å². The number of rotatable bonds is 4. The van der Waals surface area contributed by atoms with Gasteiger partial charge in [0.15, 0.2) is 0 Å². The van der Waals surface area contributed by atoms with E-state index in [-0.39, 0.29) is 12.5 Å². The van der Waals surface area contributed by atoms with E-state index >= 15 is 0 Å². The number of nitrogens with one attached hydrogen (secondary N) is 2. The highest BCUT2D eigenvalue weighted by Gasteiger charge is 2.13. The number of H-pyrrole nitrogens is 1. The highest BCUT2D eigenvalue weighted by molar-refractivity contribution is 6.04. The summed E-state index contributed by atoms with van der Waals surface area (Å²) in [5.74, 6) is 0.736. The van der Waals surface area contributed by atoms with Crippen LogP contribution in [0.4, 0.5) is 0 Å². The average molecular weight is 291 g/mol. The van der Waals surface area contributed by atoms with Crippen molar-refractivity contribution < 1.29 is 9.90 Å². The summed E-state index contributed by atoms with van der Waals surface area (Å²) in [5, 5.41) is 11.9. The number of aliphatic hydroxyl groups is 1. The molecule has 5 nitrogen and oxygen atoms in total. The van der Waals surface area contributed by atoms with Crippen molar-refractivity contribution >= 4 is 16.9 Å². The molecule has 0 radical (unpaired) electrons. The molecular weight excluding hydrogens is 266 g/mol. The number of carbonyl (C=O) groups excluding carboxylic acids is 1. The number of fused-ring (bicyclic) bond motifs is 1. The minimum atomic E-state index is -0.165. The number of nitrogens with zero attached hydrogens (tertiary/aromatic N) is 1. The third-order valence-corrected chi connectivity index (χ3v) is 2.63. The van der Waals surface area contributed by atoms with Crippen molar-refractivity contribution in [1.29, 1.82) is 0 Å². The third kappa shape index (κ3) is 4.86. The smallest absolute Gasteiger partial charge is 0.253 e. The van der Waals surface area contributed by atoms with Crippen LogP contribution in [0.25, 0.3) is 11.0 Å². The number of benzene rings is 1. The number of para-hydroxylation sites is 1. The topological polar surface area (TPSA) is 78.0 Å². The Labute approximate surface area is 125 Å². The summed E-state index contributed by atoms with van der Waals surface area (Å²) in [6, 6.07) is 5.37. The third-order valence-electron chi connectivity index (χ3n) is 2.63. The molecule has 0 saturated carbocycles. The molecule has 21 heavy (non-hydrogen) atoms. The van der Waals surface area contributed by atoms with Crippen molar-refractivity contribution in [3.8, 4) is 0 Å². The summed E-state index contributed by atoms with van der Waals surface area (Å²) < 4.78 is 0. The van der Waals surface area contributed by atoms with Crippen LogP contribution in [0.15, 0.2) is 18.2 Å². The predicted molar refractivity (Wildman–Crippen MR) is 85.2 cm³/mol. The predicted octanol–water partition coefficient (Wildman–Crippen LogP) is 2.86. The molecule has 0 spiro atoms. The van der Waals surface area contributed by atoms with Crippen LogP contribution in [0.2, 0.25) is 0 Å². The first-order valence-electron chi connectivity index (χ1n) is 7.40. The zero-order chi connectivity index (χ0) is 15.8. The molecule has 3 N–H and O–H groups in total. The lowest BCUT2D eigenvalue weighted by Crippen LogP contribution is -2.27. The van der Waals surface area contributed by atoms with Gasteiger partial charge in [0.2, 0.25) is 0 Å². The molecule has 0 aliphatic carbocycles. The summed E-state index contributed by atoms with van der Waals surface area (Å²) in [6.45, 7) is 8.80. The molecule has 0 unspecified atom stereocenters. The molecule has 0 fully saturated rings. The van der Waals surface area contributed by atoms with Gasteiger partial charge >= 0.3 is 0 Å². The number of carbonyl (C=O) groups is 1. The molecule has 1 aromatic carbocycles. The fourth-order valence-corrected chi connectivity index (χ4v) is 1.73. The minimum absolute atomic E-state index is 0.134. The maximum Gasteiger partial charge on any atom is 0.253 e. The first-order valence-corrected chi connectivity index (χ1v) is 7.40. The standard InChI is InChI=1S/C13H17N3O2.C3H8/c1-8(2)6-14-13(18)9-4-3-5-10-12(9)16-11(7-17)15-10;1-3-2/h3-5,8,17H,6-7H2,1-2H3,(H,14,18)(H,15,16);3H2,1-2H3. The van der Waals surface area contributed by atoms with Crippen LogP contribution >= 0.6 is 0 Å². The lowest BCUT2D eigenvalue weighted by Gasteiger charge is -2.07. The van der Waals surface area contributed by atoms with Gasteiger partial charge in [0.05, 0.1) is 11.1 Å². The Balaban J connectivity index is 0.000000677. The van der Waals surface area contributed by atoms with Crippen molar-refractivity contribution in [2.75, 3.05) is 6.54 Å². The van der Waals surface area contributed by atoms with Crippen LogP contribution in [0.3, 0.4) is 0 Å². The highest BCUT2D eigenvalue weighted by atomic mass is 16.3. The van der Waals surface area contributed by atoms with E-state index in [1.165, 1.54) is 6.42 Å². The molecule has 0 bridgehead atoms. The molecule has 2 aromatic rings. The summed E-state index contributed by atoms with van der Waals surface area (Å²) in [4.78, 5) is 19.2. The van der Waals surface area contributed by atoms with Gasteiger partial charge in [0, 0.05) is 6.54 Å². The van der Waals surface area contributed by atoms with Crippen molar-refractivity contribution in [1.82, 2.24) is 15.3 Å². The normalized spacial score (nSPS) is 10.4. The summed E-state index contributed by atoms with van der Waals surface area (Å²) in [5.41, 5.74) is 1.89. The van der Waals surface area contributed by atoms with E-state index in [2.05, 4.69) is 29.1 Å². The van der Waals surface area contributed by atoms with Gasteiger partial charge in [-0.1, -0.05) is 40.2 Å². The molecule has 116 valence electrons. The first kappa shape index (κ1) is 17.2. The highest BCUT2D eigenvalue weighted by Crippen LogP contribution is 2.16. The van der Waals surface area contributed by atoms with E-state index in [0.717, 1.165) is 5.52 Å². The lowest BCUT2D eigenvalue weighted by molar-refractivity contribution is 0.0950. The molecule has 1 aromatic heterocycles. The number of amides is 1. The van der Waals surface area contributed by atoms with Gasteiger partial charge in [-0.25, -0.2) is 4.98 Å². The first-order chi connectivity index (χ1) is 10.0. The lowest BCUT2D eigenvalue weighted by atomic mass is 10.1. The number of imidazole rings is 1. The fourth-order valence-electron chi connectivity index (χ4n) is 1.73. The SMILES string of the molecule is CC(C)CNC(=O)c1cccc2[nH]c(CO)nc12.CCC. The van der Waals surface area contributed by atoms with Crippen molar-refractivity contribution in [3.63, 3.8) is 0 Å². The quantitative estimate of drug-likeness (QED) is 0.810. The van der Waals surface area contributed by atoms with E-state index < -0.39 is 0 Å². The molecule has 0 aliphatic heterocycles. The second kappa shape index (κ2) is 8.42. The fraction of sp³-hybridized carbons (Fsp3) is 0.500. The van der Waals surface area contributed by atoms with Gasteiger partial charge in [0.1, 0.15) is 17.9 Å². The van der Waals surface area contributed by atoms with Gasteiger partial charge in [-0.15, -0.1) is 0 Å². The molecule has 0 atom stereocenters. The number of aliphatic hydroxyl groups excluding tert-OH is 1. The van der Waals surface area contributed by atoms with E-state index in [9.17, 15) is 4.79 Å². The number of hydrogen-bond donors (Lipinski definition) is 3. The molecular formula is C16H25N3O2. The molecule has 1 amide bonds. The largest absolute Gasteiger partial charge is 0.388 e. The number of aromatic amines is 1.